The van der Waals surface area contributed by atoms with Crippen LogP contribution >= 0.6 is 11.6 Å². The van der Waals surface area contributed by atoms with Crippen LogP contribution in [-0.2, 0) is 16.4 Å². The van der Waals surface area contributed by atoms with Crippen molar-refractivity contribution >= 4 is 27.3 Å². The second-order valence-electron chi connectivity index (χ2n) is 9.05. The first-order valence-electron chi connectivity index (χ1n) is 11.1. The third kappa shape index (κ3) is 4.00. The Morgan fingerprint density at radius 3 is 2.70 bits per heavy atom. The third-order valence-corrected chi connectivity index (χ3v) is 9.14. The van der Waals surface area contributed by atoms with E-state index in [1.54, 1.807) is 22.5 Å². The molecule has 3 aliphatic rings. The summed E-state index contributed by atoms with van der Waals surface area (Å²) >= 11 is 6.02. The Balaban J connectivity index is 1.27. The average Bonchev–Trinajstić information content (AvgIpc) is 3.41. The lowest BCUT2D eigenvalue weighted by Crippen LogP contribution is -2.29. The Morgan fingerprint density at radius 1 is 1.07 bits per heavy atom. The molecule has 0 spiro atoms. The monoisotopic (exact) mass is 444 g/mol. The van der Waals surface area contributed by atoms with Gasteiger partial charge in [-0.1, -0.05) is 36.2 Å². The summed E-state index contributed by atoms with van der Waals surface area (Å²) in [6, 6.07) is 13.0. The van der Waals surface area contributed by atoms with Gasteiger partial charge in [-0.3, -0.25) is 4.31 Å². The van der Waals surface area contributed by atoms with E-state index in [1.165, 1.54) is 56.8 Å². The number of benzene rings is 2. The highest BCUT2D eigenvalue weighted by Gasteiger charge is 2.39. The Kier molecular flexibility index (Phi) is 5.55. The van der Waals surface area contributed by atoms with Crippen molar-refractivity contribution in [2.75, 3.05) is 23.9 Å². The van der Waals surface area contributed by atoms with E-state index >= 15 is 0 Å². The molecule has 2 aromatic rings. The number of piperidine rings is 1. The first-order chi connectivity index (χ1) is 14.5. The zero-order chi connectivity index (χ0) is 20.7. The van der Waals surface area contributed by atoms with Crippen molar-refractivity contribution < 1.29 is 8.42 Å². The molecule has 2 aromatic carbocycles. The van der Waals surface area contributed by atoms with Crippen molar-refractivity contribution in [3.8, 4) is 0 Å². The predicted molar refractivity (Wildman–Crippen MR) is 122 cm³/mol. The Labute approximate surface area is 184 Å². The van der Waals surface area contributed by atoms with Crippen molar-refractivity contribution in [2.24, 2.45) is 11.8 Å². The fourth-order valence-corrected chi connectivity index (χ4v) is 7.03. The summed E-state index contributed by atoms with van der Waals surface area (Å²) in [6.45, 7) is 2.85. The summed E-state index contributed by atoms with van der Waals surface area (Å²) in [6.07, 6.45) is 7.41. The number of sulfonamides is 1. The topological polar surface area (TPSA) is 49.4 Å². The molecule has 2 aliphatic heterocycles. The summed E-state index contributed by atoms with van der Waals surface area (Å²) in [5.41, 5.74) is 3.37. The van der Waals surface area contributed by atoms with Crippen LogP contribution in [-0.4, -0.2) is 28.1 Å². The molecule has 160 valence electrons. The fraction of sp³-hybridized carbons (Fsp3) is 0.500. The van der Waals surface area contributed by atoms with Crippen LogP contribution in [0.25, 0.3) is 0 Å². The van der Waals surface area contributed by atoms with Gasteiger partial charge >= 0.3 is 0 Å². The number of halogens is 1. The van der Waals surface area contributed by atoms with Gasteiger partial charge in [0.15, 0.2) is 0 Å². The number of fused-ring (bicyclic) bond motifs is 1. The number of rotatable bonds is 6. The molecule has 2 heterocycles. The van der Waals surface area contributed by atoms with Crippen LogP contribution in [0.4, 0.5) is 5.69 Å². The summed E-state index contributed by atoms with van der Waals surface area (Å²) in [7, 11) is -3.58. The van der Waals surface area contributed by atoms with E-state index in [9.17, 15) is 8.42 Å². The highest BCUT2D eigenvalue weighted by molar-refractivity contribution is 7.92. The standard InChI is InChI=1S/C24H29ClN2O2S/c25-21-2-1-3-22(16-21)30(28,29)27-13-10-20-14-18(6-7-24(20)27)23-15-19(23)5-4-17-8-11-26-12-9-17/h1-3,6-7,14,16-17,19,23,26H,4-5,8-13,15H2. The van der Waals surface area contributed by atoms with Crippen molar-refractivity contribution in [3.05, 3.63) is 58.6 Å². The maximum absolute atomic E-state index is 13.1. The summed E-state index contributed by atoms with van der Waals surface area (Å²) in [5.74, 6) is 2.37. The molecular weight excluding hydrogens is 416 g/mol. The van der Waals surface area contributed by atoms with Crippen LogP contribution in [0.15, 0.2) is 47.4 Å². The fourth-order valence-electron chi connectivity index (χ4n) is 5.22. The number of nitrogens with zero attached hydrogens (tertiary/aromatic N) is 1. The number of hydrogen-bond acceptors (Lipinski definition) is 3. The van der Waals surface area contributed by atoms with E-state index in [0.29, 0.717) is 17.5 Å². The van der Waals surface area contributed by atoms with Gasteiger partial charge < -0.3 is 5.32 Å². The molecule has 0 aromatic heterocycles. The highest BCUT2D eigenvalue weighted by atomic mass is 35.5. The maximum Gasteiger partial charge on any atom is 0.264 e. The van der Waals surface area contributed by atoms with E-state index in [-0.39, 0.29) is 4.90 Å². The summed E-state index contributed by atoms with van der Waals surface area (Å²) in [4.78, 5) is 0.257. The largest absolute Gasteiger partial charge is 0.317 e. The molecule has 2 atom stereocenters. The van der Waals surface area contributed by atoms with E-state index < -0.39 is 10.0 Å². The van der Waals surface area contributed by atoms with Crippen LogP contribution in [0.3, 0.4) is 0 Å². The highest BCUT2D eigenvalue weighted by Crippen LogP contribution is 2.51. The SMILES string of the molecule is O=S(=O)(c1cccc(Cl)c1)N1CCc2cc(C3CC3CCC3CCNCC3)ccc21. The van der Waals surface area contributed by atoms with Gasteiger partial charge in [-0.2, -0.15) is 0 Å². The number of anilines is 1. The van der Waals surface area contributed by atoms with Gasteiger partial charge in [0, 0.05) is 11.6 Å². The summed E-state index contributed by atoms with van der Waals surface area (Å²) in [5, 5.41) is 3.89. The molecule has 1 saturated heterocycles. The van der Waals surface area contributed by atoms with E-state index in [2.05, 4.69) is 17.4 Å². The molecule has 2 unspecified atom stereocenters. The lowest BCUT2D eigenvalue weighted by molar-refractivity contribution is 0.340. The van der Waals surface area contributed by atoms with Gasteiger partial charge in [-0.05, 0) is 98.3 Å². The van der Waals surface area contributed by atoms with Crippen molar-refractivity contribution in [2.45, 2.75) is 49.3 Å². The van der Waals surface area contributed by atoms with Crippen LogP contribution in [0, 0.1) is 11.8 Å². The van der Waals surface area contributed by atoms with Crippen LogP contribution in [0.5, 0.6) is 0 Å². The van der Waals surface area contributed by atoms with E-state index in [4.69, 9.17) is 11.6 Å². The Bertz CT molecular complexity index is 1030. The Morgan fingerprint density at radius 2 is 1.90 bits per heavy atom. The minimum absolute atomic E-state index is 0.257. The maximum atomic E-state index is 13.1. The zero-order valence-corrected chi connectivity index (χ0v) is 18.8. The van der Waals surface area contributed by atoms with Crippen molar-refractivity contribution in [1.82, 2.24) is 5.32 Å². The van der Waals surface area contributed by atoms with Gasteiger partial charge in [0.2, 0.25) is 0 Å². The number of nitrogens with one attached hydrogen (secondary N) is 1. The lowest BCUT2D eigenvalue weighted by Gasteiger charge is -2.22. The van der Waals surface area contributed by atoms with Crippen molar-refractivity contribution in [3.63, 3.8) is 0 Å². The molecule has 1 aliphatic carbocycles. The van der Waals surface area contributed by atoms with Gasteiger partial charge in [0.1, 0.15) is 0 Å². The van der Waals surface area contributed by atoms with Crippen LogP contribution in [0.2, 0.25) is 5.02 Å². The molecule has 6 heteroatoms. The first kappa shape index (κ1) is 20.3. The van der Waals surface area contributed by atoms with Gasteiger partial charge in [0.25, 0.3) is 10.0 Å². The van der Waals surface area contributed by atoms with Crippen LogP contribution < -0.4 is 9.62 Å². The Hall–Kier alpha value is -1.56. The smallest absolute Gasteiger partial charge is 0.264 e. The molecule has 30 heavy (non-hydrogen) atoms. The normalized spacial score (nSPS) is 24.1. The second-order valence-corrected chi connectivity index (χ2v) is 11.3. The van der Waals surface area contributed by atoms with E-state index in [1.807, 2.05) is 6.07 Å². The molecule has 1 N–H and O–H groups in total. The lowest BCUT2D eigenvalue weighted by atomic mass is 9.91. The van der Waals surface area contributed by atoms with Crippen LogP contribution in [0.1, 0.15) is 49.1 Å². The summed E-state index contributed by atoms with van der Waals surface area (Å²) < 4.78 is 27.8. The average molecular weight is 445 g/mol. The molecule has 5 rings (SSSR count). The molecule has 1 saturated carbocycles. The third-order valence-electron chi connectivity index (χ3n) is 7.10. The molecule has 4 nitrogen and oxygen atoms in total. The minimum atomic E-state index is -3.58. The number of hydrogen-bond donors (Lipinski definition) is 1. The van der Waals surface area contributed by atoms with Crippen molar-refractivity contribution in [1.29, 1.82) is 0 Å². The second kappa shape index (κ2) is 8.18. The molecule has 0 bridgehead atoms. The van der Waals surface area contributed by atoms with Gasteiger partial charge in [0.05, 0.1) is 10.6 Å². The molecule has 0 amide bonds. The molecular formula is C24H29ClN2O2S. The van der Waals surface area contributed by atoms with Gasteiger partial charge in [-0.25, -0.2) is 8.42 Å². The van der Waals surface area contributed by atoms with Gasteiger partial charge in [-0.15, -0.1) is 0 Å². The zero-order valence-electron chi connectivity index (χ0n) is 17.2. The first-order valence-corrected chi connectivity index (χ1v) is 13.0. The minimum Gasteiger partial charge on any atom is -0.317 e. The molecule has 0 radical (unpaired) electrons. The molecule has 2 fully saturated rings. The quantitative estimate of drug-likeness (QED) is 0.683. The van der Waals surface area contributed by atoms with E-state index in [0.717, 1.165) is 29.5 Å². The predicted octanol–water partition coefficient (Wildman–Crippen LogP) is 4.97.